The van der Waals surface area contributed by atoms with Crippen LogP contribution in [0, 0.1) is 5.41 Å². The molecule has 0 aliphatic carbocycles. The summed E-state index contributed by atoms with van der Waals surface area (Å²) in [6.45, 7) is 19.0. The molecule has 0 atom stereocenters. The summed E-state index contributed by atoms with van der Waals surface area (Å²) in [5.74, 6) is 0.518. The minimum Gasteiger partial charge on any atom is -0.508 e. The monoisotopic (exact) mass is 318 g/mol. The van der Waals surface area contributed by atoms with E-state index in [1.807, 2.05) is 13.8 Å². The lowest BCUT2D eigenvalue weighted by atomic mass is 9.71. The lowest BCUT2D eigenvalue weighted by molar-refractivity contribution is 0.277. The van der Waals surface area contributed by atoms with Crippen LogP contribution in [-0.2, 0) is 10.8 Å². The molecular formula is C21H34O2. The van der Waals surface area contributed by atoms with E-state index >= 15 is 0 Å². The largest absolute Gasteiger partial charge is 0.508 e. The van der Waals surface area contributed by atoms with Crippen LogP contribution >= 0.6 is 0 Å². The SMILES string of the molecule is CC(C)=CC(C)(C)c1cc(O)c(C(C)(C)CC(C)(C)C)cc1O. The van der Waals surface area contributed by atoms with Crippen molar-refractivity contribution in [3.8, 4) is 11.5 Å². The Balaban J connectivity index is 3.39. The third kappa shape index (κ3) is 5.02. The van der Waals surface area contributed by atoms with Crippen molar-refractivity contribution < 1.29 is 10.2 Å². The smallest absolute Gasteiger partial charge is 0.120 e. The summed E-state index contributed by atoms with van der Waals surface area (Å²) in [5.41, 5.74) is 2.36. The summed E-state index contributed by atoms with van der Waals surface area (Å²) in [5, 5.41) is 21.2. The van der Waals surface area contributed by atoms with E-state index < -0.39 is 0 Å². The standard InChI is InChI=1S/C21H34O2/c1-14(2)12-20(6,7)15-10-18(23)16(11-17(15)22)21(8,9)13-19(3,4)5/h10-12,22-23H,13H2,1-9H3. The average Bonchev–Trinajstić information content (AvgIpc) is 2.26. The van der Waals surface area contributed by atoms with Gasteiger partial charge in [-0.25, -0.2) is 0 Å². The molecular weight excluding hydrogens is 284 g/mol. The number of aromatic hydroxyl groups is 2. The predicted octanol–water partition coefficient (Wildman–Crippen LogP) is 6.06. The van der Waals surface area contributed by atoms with Crippen molar-refractivity contribution >= 4 is 0 Å². The highest BCUT2D eigenvalue weighted by atomic mass is 16.3. The molecule has 0 aliphatic rings. The summed E-state index contributed by atoms with van der Waals surface area (Å²) in [6.07, 6.45) is 3.03. The molecule has 0 amide bonds. The van der Waals surface area contributed by atoms with Crippen molar-refractivity contribution in [2.45, 2.75) is 79.6 Å². The van der Waals surface area contributed by atoms with E-state index in [4.69, 9.17) is 0 Å². The molecule has 0 aromatic heterocycles. The summed E-state index contributed by atoms with van der Waals surface area (Å²) >= 11 is 0. The maximum atomic E-state index is 10.6. The highest BCUT2D eigenvalue weighted by Gasteiger charge is 2.32. The second-order valence-electron chi connectivity index (χ2n) is 9.45. The zero-order valence-corrected chi connectivity index (χ0v) is 16.3. The molecule has 0 radical (unpaired) electrons. The lowest BCUT2D eigenvalue weighted by Gasteiger charge is -2.34. The third-order valence-corrected chi connectivity index (χ3v) is 4.16. The quantitative estimate of drug-likeness (QED) is 0.523. The Labute approximate surface area is 142 Å². The Morgan fingerprint density at radius 1 is 0.870 bits per heavy atom. The number of rotatable bonds is 4. The molecule has 0 saturated carbocycles. The van der Waals surface area contributed by atoms with Crippen LogP contribution in [0.1, 0.15) is 79.9 Å². The molecule has 0 saturated heterocycles. The van der Waals surface area contributed by atoms with E-state index in [2.05, 4.69) is 54.5 Å². The first kappa shape index (κ1) is 19.6. The number of phenols is 2. The highest BCUT2D eigenvalue weighted by molar-refractivity contribution is 5.52. The van der Waals surface area contributed by atoms with E-state index in [9.17, 15) is 10.2 Å². The molecule has 0 fully saturated rings. The molecule has 0 heterocycles. The van der Waals surface area contributed by atoms with E-state index in [1.54, 1.807) is 12.1 Å². The van der Waals surface area contributed by atoms with Gasteiger partial charge < -0.3 is 10.2 Å². The van der Waals surface area contributed by atoms with Gasteiger partial charge in [-0.05, 0) is 43.2 Å². The molecule has 1 aromatic rings. The molecule has 23 heavy (non-hydrogen) atoms. The van der Waals surface area contributed by atoms with E-state index in [1.165, 1.54) is 5.57 Å². The van der Waals surface area contributed by atoms with E-state index in [0.29, 0.717) is 0 Å². The topological polar surface area (TPSA) is 40.5 Å². The van der Waals surface area contributed by atoms with Crippen molar-refractivity contribution in [2.75, 3.05) is 0 Å². The Morgan fingerprint density at radius 3 is 1.74 bits per heavy atom. The normalized spacial score (nSPS) is 13.1. The molecule has 0 bridgehead atoms. The highest BCUT2D eigenvalue weighted by Crippen LogP contribution is 2.44. The summed E-state index contributed by atoms with van der Waals surface area (Å²) < 4.78 is 0. The molecule has 1 rings (SSSR count). The van der Waals surface area contributed by atoms with Crippen molar-refractivity contribution in [3.63, 3.8) is 0 Å². The summed E-state index contributed by atoms with van der Waals surface area (Å²) in [7, 11) is 0. The van der Waals surface area contributed by atoms with Gasteiger partial charge in [-0.15, -0.1) is 0 Å². The lowest BCUT2D eigenvalue weighted by Crippen LogP contribution is -2.25. The van der Waals surface area contributed by atoms with Crippen LogP contribution < -0.4 is 0 Å². The average molecular weight is 319 g/mol. The number of phenolic OH excluding ortho intramolecular Hbond substituents is 2. The zero-order chi connectivity index (χ0) is 18.2. The van der Waals surface area contributed by atoms with Gasteiger partial charge in [-0.3, -0.25) is 0 Å². The van der Waals surface area contributed by atoms with Crippen LogP contribution in [0.4, 0.5) is 0 Å². The van der Waals surface area contributed by atoms with Gasteiger partial charge in [-0.1, -0.05) is 60.1 Å². The number of allylic oxidation sites excluding steroid dienone is 2. The molecule has 1 aromatic carbocycles. The Bertz CT molecular complexity index is 595. The van der Waals surface area contributed by atoms with Crippen LogP contribution in [0.25, 0.3) is 0 Å². The molecule has 2 nitrogen and oxygen atoms in total. The predicted molar refractivity (Wildman–Crippen MR) is 99.3 cm³/mol. The van der Waals surface area contributed by atoms with Crippen LogP contribution in [-0.4, -0.2) is 10.2 Å². The molecule has 2 heteroatoms. The van der Waals surface area contributed by atoms with Gasteiger partial charge in [-0.2, -0.15) is 0 Å². The van der Waals surface area contributed by atoms with Gasteiger partial charge >= 0.3 is 0 Å². The fourth-order valence-corrected chi connectivity index (χ4v) is 3.86. The number of benzene rings is 1. The first-order valence-corrected chi connectivity index (χ1v) is 8.39. The van der Waals surface area contributed by atoms with Gasteiger partial charge in [0.25, 0.3) is 0 Å². The van der Waals surface area contributed by atoms with Gasteiger partial charge in [0.2, 0.25) is 0 Å². The molecule has 0 unspecified atom stereocenters. The minimum absolute atomic E-state index is 0.144. The van der Waals surface area contributed by atoms with Crippen LogP contribution in [0.5, 0.6) is 11.5 Å². The molecule has 130 valence electrons. The van der Waals surface area contributed by atoms with Gasteiger partial charge in [0, 0.05) is 16.5 Å². The summed E-state index contributed by atoms with van der Waals surface area (Å²) in [4.78, 5) is 0. The summed E-state index contributed by atoms with van der Waals surface area (Å²) in [6, 6.07) is 3.48. The second-order valence-corrected chi connectivity index (χ2v) is 9.45. The first-order chi connectivity index (χ1) is 10.2. The van der Waals surface area contributed by atoms with Crippen LogP contribution in [0.3, 0.4) is 0 Å². The Morgan fingerprint density at radius 2 is 1.30 bits per heavy atom. The first-order valence-electron chi connectivity index (χ1n) is 8.39. The Hall–Kier alpha value is -1.44. The van der Waals surface area contributed by atoms with Crippen molar-refractivity contribution in [1.82, 2.24) is 0 Å². The van der Waals surface area contributed by atoms with Gasteiger partial charge in [0.1, 0.15) is 11.5 Å². The second kappa shape index (κ2) is 6.22. The third-order valence-electron chi connectivity index (χ3n) is 4.16. The van der Waals surface area contributed by atoms with Crippen molar-refractivity contribution in [1.29, 1.82) is 0 Å². The van der Waals surface area contributed by atoms with E-state index in [-0.39, 0.29) is 27.7 Å². The van der Waals surface area contributed by atoms with Crippen molar-refractivity contribution in [2.24, 2.45) is 5.41 Å². The molecule has 0 spiro atoms. The van der Waals surface area contributed by atoms with Gasteiger partial charge in [0.15, 0.2) is 0 Å². The zero-order valence-electron chi connectivity index (χ0n) is 16.3. The maximum Gasteiger partial charge on any atom is 0.120 e. The molecule has 0 aliphatic heterocycles. The van der Waals surface area contributed by atoms with E-state index in [0.717, 1.165) is 17.5 Å². The van der Waals surface area contributed by atoms with Crippen molar-refractivity contribution in [3.05, 3.63) is 34.9 Å². The minimum atomic E-state index is -0.326. The number of hydrogen-bond acceptors (Lipinski definition) is 2. The fraction of sp³-hybridized carbons (Fsp3) is 0.619. The molecule has 2 N–H and O–H groups in total. The van der Waals surface area contributed by atoms with Gasteiger partial charge in [0.05, 0.1) is 0 Å². The Kier molecular flexibility index (Phi) is 5.30. The maximum absolute atomic E-state index is 10.6. The number of hydrogen-bond donors (Lipinski definition) is 2. The fourth-order valence-electron chi connectivity index (χ4n) is 3.86. The van der Waals surface area contributed by atoms with Crippen LogP contribution in [0.2, 0.25) is 0 Å². The van der Waals surface area contributed by atoms with Crippen LogP contribution in [0.15, 0.2) is 23.8 Å².